The maximum atomic E-state index is 7.48. The van der Waals surface area contributed by atoms with E-state index in [0.29, 0.717) is 24.3 Å². The van der Waals surface area contributed by atoms with Crippen molar-refractivity contribution in [3.8, 4) is 0 Å². The second-order valence-corrected chi connectivity index (χ2v) is 9.10. The molecule has 7 nitrogen and oxygen atoms in total. The lowest BCUT2D eigenvalue weighted by atomic mass is 9.93. The van der Waals surface area contributed by atoms with Gasteiger partial charge in [0.2, 0.25) is 0 Å². The predicted molar refractivity (Wildman–Crippen MR) is 123 cm³/mol. The number of nitrogens with zero attached hydrogens (tertiary/aromatic N) is 4. The molecule has 0 spiro atoms. The lowest BCUT2D eigenvalue weighted by molar-refractivity contribution is 0.225. The molecule has 0 aromatic carbocycles. The molecule has 0 aliphatic carbocycles. The molecule has 0 atom stereocenters. The fourth-order valence-corrected chi connectivity index (χ4v) is 3.89. The summed E-state index contributed by atoms with van der Waals surface area (Å²) in [6, 6.07) is 12.1. The van der Waals surface area contributed by atoms with Gasteiger partial charge in [0.05, 0.1) is 17.9 Å². The van der Waals surface area contributed by atoms with Gasteiger partial charge in [0.1, 0.15) is 5.82 Å². The van der Waals surface area contributed by atoms with Crippen molar-refractivity contribution in [1.29, 1.82) is 5.53 Å². The van der Waals surface area contributed by atoms with E-state index in [4.69, 9.17) is 10.5 Å². The maximum Gasteiger partial charge on any atom is 0.136 e. The van der Waals surface area contributed by atoms with E-state index in [1.807, 2.05) is 30.5 Å². The van der Waals surface area contributed by atoms with Crippen molar-refractivity contribution >= 4 is 17.8 Å². The van der Waals surface area contributed by atoms with Crippen LogP contribution < -0.4 is 10.0 Å². The standard InChI is InChI=1S/C22H31N7S/c1-17(2)30-28-22-8-5-7-21(26-22)18-9-12-29(13-10-18)16-20(27-23)15-24-14-19-6-3-4-11-25-19/h3-8,11,15,17-18,23-24H,9-10,12-14,16H2,1-2H3,(H,26,28)/b20-15-,27-23?. The largest absolute Gasteiger partial charge is 0.384 e. The molecule has 0 radical (unpaired) electrons. The molecule has 1 saturated heterocycles. The van der Waals surface area contributed by atoms with E-state index in [9.17, 15) is 0 Å². The number of hydrogen-bond acceptors (Lipinski definition) is 8. The minimum absolute atomic E-state index is 0.481. The molecule has 3 heterocycles. The summed E-state index contributed by atoms with van der Waals surface area (Å²) in [7, 11) is 0. The molecule has 0 bridgehead atoms. The zero-order valence-electron chi connectivity index (χ0n) is 17.7. The number of piperidine rings is 1. The Morgan fingerprint density at radius 1 is 1.27 bits per heavy atom. The van der Waals surface area contributed by atoms with Crippen molar-refractivity contribution in [1.82, 2.24) is 20.2 Å². The SMILES string of the molecule is CC(C)SNc1cccc(C2CCN(C/C(=C/NCc3ccccn3)N=N)CC2)n1. The van der Waals surface area contributed by atoms with E-state index >= 15 is 0 Å². The third-order valence-corrected chi connectivity index (χ3v) is 5.78. The van der Waals surface area contributed by atoms with Crippen LogP contribution in [0.3, 0.4) is 0 Å². The van der Waals surface area contributed by atoms with Crippen LogP contribution in [0.4, 0.5) is 5.82 Å². The molecular weight excluding hydrogens is 394 g/mol. The molecular formula is C22H31N7S. The molecule has 1 aliphatic heterocycles. The van der Waals surface area contributed by atoms with Crippen LogP contribution in [0.25, 0.3) is 0 Å². The van der Waals surface area contributed by atoms with Crippen LogP contribution in [0.5, 0.6) is 0 Å². The normalized spacial score (nSPS) is 15.9. The highest BCUT2D eigenvalue weighted by molar-refractivity contribution is 8.01. The van der Waals surface area contributed by atoms with Gasteiger partial charge in [0.25, 0.3) is 0 Å². The van der Waals surface area contributed by atoms with Crippen molar-refractivity contribution in [2.24, 2.45) is 5.11 Å². The van der Waals surface area contributed by atoms with E-state index in [0.717, 1.165) is 43.1 Å². The van der Waals surface area contributed by atoms with Crippen LogP contribution in [-0.2, 0) is 6.54 Å². The van der Waals surface area contributed by atoms with E-state index in [2.05, 4.69) is 51.0 Å². The molecule has 8 heteroatoms. The molecule has 0 saturated carbocycles. The Morgan fingerprint density at radius 2 is 2.10 bits per heavy atom. The fraction of sp³-hybridized carbons (Fsp3) is 0.455. The van der Waals surface area contributed by atoms with Crippen molar-refractivity contribution in [3.63, 3.8) is 0 Å². The highest BCUT2D eigenvalue weighted by Gasteiger charge is 2.22. The third kappa shape index (κ3) is 7.11. The van der Waals surface area contributed by atoms with E-state index in [1.165, 1.54) is 5.69 Å². The van der Waals surface area contributed by atoms with E-state index in [-0.39, 0.29) is 0 Å². The number of anilines is 1. The summed E-state index contributed by atoms with van der Waals surface area (Å²) in [4.78, 5) is 11.5. The van der Waals surface area contributed by atoms with Gasteiger partial charge in [0.15, 0.2) is 0 Å². The number of pyridine rings is 2. The van der Waals surface area contributed by atoms with Gasteiger partial charge in [-0.3, -0.25) is 9.88 Å². The average molecular weight is 426 g/mol. The summed E-state index contributed by atoms with van der Waals surface area (Å²) in [5.74, 6) is 1.42. The number of aromatic nitrogens is 2. The van der Waals surface area contributed by atoms with Crippen LogP contribution in [0, 0.1) is 5.53 Å². The second kappa shape index (κ2) is 11.7. The van der Waals surface area contributed by atoms with Crippen molar-refractivity contribution in [2.45, 2.75) is 44.4 Å². The smallest absolute Gasteiger partial charge is 0.136 e. The zero-order chi connectivity index (χ0) is 21.2. The zero-order valence-corrected chi connectivity index (χ0v) is 18.5. The molecule has 160 valence electrons. The summed E-state index contributed by atoms with van der Waals surface area (Å²) in [5.41, 5.74) is 10.4. The highest BCUT2D eigenvalue weighted by atomic mass is 32.2. The minimum atomic E-state index is 0.481. The monoisotopic (exact) mass is 425 g/mol. The fourth-order valence-electron chi connectivity index (χ4n) is 3.42. The summed E-state index contributed by atoms with van der Waals surface area (Å²) in [6.07, 6.45) is 5.75. The topological polar surface area (TPSA) is 89.3 Å². The van der Waals surface area contributed by atoms with Crippen LogP contribution in [0.15, 0.2) is 59.6 Å². The predicted octanol–water partition coefficient (Wildman–Crippen LogP) is 4.79. The Hall–Kier alpha value is -2.45. The van der Waals surface area contributed by atoms with E-state index in [1.54, 1.807) is 18.1 Å². The number of nitrogens with one attached hydrogen (secondary N) is 3. The number of likely N-dealkylation sites (tertiary alicyclic amines) is 1. The van der Waals surface area contributed by atoms with Gasteiger partial charge in [0, 0.05) is 35.8 Å². The molecule has 30 heavy (non-hydrogen) atoms. The molecule has 3 rings (SSSR count). The summed E-state index contributed by atoms with van der Waals surface area (Å²) in [5, 5.41) is 7.43. The average Bonchev–Trinajstić information content (AvgIpc) is 2.78. The van der Waals surface area contributed by atoms with Crippen LogP contribution in [0.1, 0.15) is 44.0 Å². The Kier molecular flexibility index (Phi) is 8.65. The first-order valence-corrected chi connectivity index (χ1v) is 11.3. The summed E-state index contributed by atoms with van der Waals surface area (Å²) < 4.78 is 3.34. The second-order valence-electron chi connectivity index (χ2n) is 7.72. The van der Waals surface area contributed by atoms with Crippen molar-refractivity contribution in [3.05, 3.63) is 65.9 Å². The third-order valence-electron chi connectivity index (χ3n) is 4.98. The summed E-state index contributed by atoms with van der Waals surface area (Å²) in [6.45, 7) is 7.61. The molecule has 1 fully saturated rings. The van der Waals surface area contributed by atoms with Crippen molar-refractivity contribution in [2.75, 3.05) is 24.4 Å². The van der Waals surface area contributed by atoms with Gasteiger partial charge in [-0.15, -0.1) is 0 Å². The highest BCUT2D eigenvalue weighted by Crippen LogP contribution is 2.28. The van der Waals surface area contributed by atoms with Gasteiger partial charge in [-0.2, -0.15) is 5.11 Å². The lowest BCUT2D eigenvalue weighted by Crippen LogP contribution is -2.34. The van der Waals surface area contributed by atoms with Gasteiger partial charge in [-0.05, 0) is 62.1 Å². The minimum Gasteiger partial charge on any atom is -0.384 e. The van der Waals surface area contributed by atoms with E-state index < -0.39 is 0 Å². The Bertz CT molecular complexity index is 817. The number of hydrogen-bond donors (Lipinski definition) is 3. The summed E-state index contributed by atoms with van der Waals surface area (Å²) >= 11 is 1.69. The molecule has 2 aromatic rings. The van der Waals surface area contributed by atoms with Crippen molar-refractivity contribution < 1.29 is 0 Å². The quantitative estimate of drug-likeness (QED) is 0.375. The van der Waals surface area contributed by atoms with Gasteiger partial charge < -0.3 is 10.0 Å². The first-order chi connectivity index (χ1) is 14.6. The first-order valence-electron chi connectivity index (χ1n) is 10.4. The Labute approximate surface area is 183 Å². The molecule has 1 aliphatic rings. The van der Waals surface area contributed by atoms with Crippen LogP contribution >= 0.6 is 11.9 Å². The van der Waals surface area contributed by atoms with Gasteiger partial charge in [-0.25, -0.2) is 10.5 Å². The molecule has 3 N–H and O–H groups in total. The lowest BCUT2D eigenvalue weighted by Gasteiger charge is -2.31. The molecule has 0 unspecified atom stereocenters. The first kappa shape index (κ1) is 22.2. The van der Waals surface area contributed by atoms with Crippen LogP contribution in [-0.4, -0.2) is 39.8 Å². The number of rotatable bonds is 10. The van der Waals surface area contributed by atoms with Gasteiger partial charge in [-0.1, -0.05) is 26.0 Å². The Balaban J connectivity index is 1.47. The molecule has 0 amide bonds. The van der Waals surface area contributed by atoms with Crippen LogP contribution in [0.2, 0.25) is 0 Å². The maximum absolute atomic E-state index is 7.48. The van der Waals surface area contributed by atoms with Gasteiger partial charge >= 0.3 is 0 Å². The molecule has 2 aromatic heterocycles. The Morgan fingerprint density at radius 3 is 2.80 bits per heavy atom.